The number of aromatic nitrogens is 2. The SMILES string of the molecule is CCn1cc(CN2CCC(C)CC2)cn1. The highest BCUT2D eigenvalue weighted by atomic mass is 15.3. The largest absolute Gasteiger partial charge is 0.299 e. The van der Waals surface area contributed by atoms with Crippen molar-refractivity contribution in [3.63, 3.8) is 0 Å². The average Bonchev–Trinajstić information content (AvgIpc) is 2.69. The van der Waals surface area contributed by atoms with E-state index in [1.165, 1.54) is 31.5 Å². The Bertz CT molecular complexity index is 298. The number of nitrogens with zero attached hydrogens (tertiary/aromatic N) is 3. The molecule has 0 amide bonds. The van der Waals surface area contributed by atoms with Gasteiger partial charge in [0.1, 0.15) is 0 Å². The van der Waals surface area contributed by atoms with Crippen molar-refractivity contribution in [2.24, 2.45) is 5.92 Å². The van der Waals surface area contributed by atoms with Crippen molar-refractivity contribution in [3.05, 3.63) is 18.0 Å². The van der Waals surface area contributed by atoms with Crippen LogP contribution in [-0.4, -0.2) is 27.8 Å². The molecule has 1 aliphatic rings. The second kappa shape index (κ2) is 4.79. The molecule has 1 saturated heterocycles. The second-order valence-corrected chi connectivity index (χ2v) is 4.66. The first kappa shape index (κ1) is 10.7. The van der Waals surface area contributed by atoms with Crippen molar-refractivity contribution >= 4 is 0 Å². The van der Waals surface area contributed by atoms with E-state index in [2.05, 4.69) is 30.0 Å². The van der Waals surface area contributed by atoms with Crippen LogP contribution in [0.5, 0.6) is 0 Å². The van der Waals surface area contributed by atoms with Gasteiger partial charge in [-0.3, -0.25) is 9.58 Å². The molecule has 84 valence electrons. The van der Waals surface area contributed by atoms with E-state index in [0.717, 1.165) is 19.0 Å². The number of aryl methyl sites for hydroxylation is 1. The Morgan fingerprint density at radius 2 is 2.13 bits per heavy atom. The summed E-state index contributed by atoms with van der Waals surface area (Å²) in [7, 11) is 0. The van der Waals surface area contributed by atoms with Crippen molar-refractivity contribution in [1.29, 1.82) is 0 Å². The molecule has 1 aromatic rings. The molecule has 0 spiro atoms. The molecule has 0 bridgehead atoms. The lowest BCUT2D eigenvalue weighted by Crippen LogP contribution is -2.32. The predicted molar refractivity (Wildman–Crippen MR) is 61.6 cm³/mol. The maximum atomic E-state index is 4.31. The number of piperidine rings is 1. The van der Waals surface area contributed by atoms with Crippen LogP contribution in [0.1, 0.15) is 32.3 Å². The van der Waals surface area contributed by atoms with E-state index < -0.39 is 0 Å². The number of hydrogen-bond acceptors (Lipinski definition) is 2. The van der Waals surface area contributed by atoms with Crippen LogP contribution in [0, 0.1) is 5.92 Å². The summed E-state index contributed by atoms with van der Waals surface area (Å²) in [6, 6.07) is 0. The van der Waals surface area contributed by atoms with Gasteiger partial charge in [-0.2, -0.15) is 5.10 Å². The summed E-state index contributed by atoms with van der Waals surface area (Å²) >= 11 is 0. The van der Waals surface area contributed by atoms with Gasteiger partial charge in [-0.25, -0.2) is 0 Å². The van der Waals surface area contributed by atoms with Gasteiger partial charge < -0.3 is 0 Å². The number of hydrogen-bond donors (Lipinski definition) is 0. The van der Waals surface area contributed by atoms with Gasteiger partial charge in [-0.05, 0) is 38.8 Å². The van der Waals surface area contributed by atoms with Gasteiger partial charge in [0.25, 0.3) is 0 Å². The van der Waals surface area contributed by atoms with Crippen LogP contribution >= 0.6 is 0 Å². The van der Waals surface area contributed by atoms with Crippen molar-refractivity contribution in [2.45, 2.75) is 39.8 Å². The topological polar surface area (TPSA) is 21.1 Å². The Hall–Kier alpha value is -0.830. The first-order valence-corrected chi connectivity index (χ1v) is 6.01. The van der Waals surface area contributed by atoms with E-state index in [4.69, 9.17) is 0 Å². The zero-order chi connectivity index (χ0) is 10.7. The molecule has 0 unspecified atom stereocenters. The lowest BCUT2D eigenvalue weighted by molar-refractivity contribution is 0.185. The lowest BCUT2D eigenvalue weighted by Gasteiger charge is -2.29. The molecular weight excluding hydrogens is 186 g/mol. The third kappa shape index (κ3) is 2.81. The van der Waals surface area contributed by atoms with E-state index in [1.807, 2.05) is 10.9 Å². The summed E-state index contributed by atoms with van der Waals surface area (Å²) in [5.74, 6) is 0.916. The van der Waals surface area contributed by atoms with Crippen molar-refractivity contribution in [1.82, 2.24) is 14.7 Å². The summed E-state index contributed by atoms with van der Waals surface area (Å²) in [5, 5.41) is 4.31. The quantitative estimate of drug-likeness (QED) is 0.757. The first-order chi connectivity index (χ1) is 7.28. The van der Waals surface area contributed by atoms with E-state index >= 15 is 0 Å². The molecule has 0 aromatic carbocycles. The smallest absolute Gasteiger partial charge is 0.0534 e. The zero-order valence-electron chi connectivity index (χ0n) is 9.82. The van der Waals surface area contributed by atoms with Crippen molar-refractivity contribution in [2.75, 3.05) is 13.1 Å². The van der Waals surface area contributed by atoms with E-state index in [0.29, 0.717) is 0 Å². The van der Waals surface area contributed by atoms with Crippen molar-refractivity contribution < 1.29 is 0 Å². The minimum absolute atomic E-state index is 0.916. The van der Waals surface area contributed by atoms with Gasteiger partial charge in [0, 0.05) is 24.8 Å². The molecule has 0 N–H and O–H groups in total. The van der Waals surface area contributed by atoms with E-state index in [-0.39, 0.29) is 0 Å². The minimum Gasteiger partial charge on any atom is -0.299 e. The van der Waals surface area contributed by atoms with Gasteiger partial charge in [0.2, 0.25) is 0 Å². The Labute approximate surface area is 92.1 Å². The summed E-state index contributed by atoms with van der Waals surface area (Å²) in [4.78, 5) is 2.54. The summed E-state index contributed by atoms with van der Waals surface area (Å²) in [6.07, 6.45) is 6.86. The molecule has 15 heavy (non-hydrogen) atoms. The summed E-state index contributed by atoms with van der Waals surface area (Å²) in [5.41, 5.74) is 1.35. The third-order valence-corrected chi connectivity index (χ3v) is 3.29. The first-order valence-electron chi connectivity index (χ1n) is 6.01. The highest BCUT2D eigenvalue weighted by Gasteiger charge is 2.15. The normalized spacial score (nSPS) is 19.6. The second-order valence-electron chi connectivity index (χ2n) is 4.66. The molecular formula is C12H21N3. The minimum atomic E-state index is 0.916. The van der Waals surface area contributed by atoms with Crippen LogP contribution in [-0.2, 0) is 13.1 Å². The molecule has 0 atom stereocenters. The Balaban J connectivity index is 1.86. The molecule has 3 nitrogen and oxygen atoms in total. The van der Waals surface area contributed by atoms with E-state index in [9.17, 15) is 0 Å². The number of rotatable bonds is 3. The monoisotopic (exact) mass is 207 g/mol. The highest BCUT2D eigenvalue weighted by Crippen LogP contribution is 2.17. The molecule has 1 aliphatic heterocycles. The van der Waals surface area contributed by atoms with Crippen LogP contribution in [0.3, 0.4) is 0 Å². The van der Waals surface area contributed by atoms with Gasteiger partial charge in [-0.1, -0.05) is 6.92 Å². The zero-order valence-corrected chi connectivity index (χ0v) is 9.82. The van der Waals surface area contributed by atoms with Crippen LogP contribution < -0.4 is 0 Å². The van der Waals surface area contributed by atoms with E-state index in [1.54, 1.807) is 0 Å². The van der Waals surface area contributed by atoms with Crippen LogP contribution in [0.4, 0.5) is 0 Å². The fourth-order valence-electron chi connectivity index (χ4n) is 2.14. The summed E-state index contributed by atoms with van der Waals surface area (Å²) in [6.45, 7) is 9.02. The molecule has 0 aliphatic carbocycles. The highest BCUT2D eigenvalue weighted by molar-refractivity contribution is 5.03. The predicted octanol–water partition coefficient (Wildman–Crippen LogP) is 2.13. The van der Waals surface area contributed by atoms with Gasteiger partial charge in [-0.15, -0.1) is 0 Å². The molecule has 0 radical (unpaired) electrons. The Kier molecular flexibility index (Phi) is 3.41. The lowest BCUT2D eigenvalue weighted by atomic mass is 9.99. The van der Waals surface area contributed by atoms with Gasteiger partial charge in [0.15, 0.2) is 0 Å². The maximum absolute atomic E-state index is 4.31. The fraction of sp³-hybridized carbons (Fsp3) is 0.750. The number of likely N-dealkylation sites (tertiary alicyclic amines) is 1. The molecule has 2 heterocycles. The summed E-state index contributed by atoms with van der Waals surface area (Å²) < 4.78 is 2.00. The standard InChI is InChI=1S/C12H21N3/c1-3-15-10-12(8-13-15)9-14-6-4-11(2)5-7-14/h8,10-11H,3-7,9H2,1-2H3. The van der Waals surface area contributed by atoms with Crippen LogP contribution in [0.25, 0.3) is 0 Å². The molecule has 1 fully saturated rings. The van der Waals surface area contributed by atoms with Gasteiger partial charge >= 0.3 is 0 Å². The molecule has 0 saturated carbocycles. The Morgan fingerprint density at radius 1 is 1.40 bits per heavy atom. The van der Waals surface area contributed by atoms with Crippen molar-refractivity contribution in [3.8, 4) is 0 Å². The van der Waals surface area contributed by atoms with Gasteiger partial charge in [0.05, 0.1) is 6.20 Å². The third-order valence-electron chi connectivity index (χ3n) is 3.29. The van der Waals surface area contributed by atoms with Crippen LogP contribution in [0.15, 0.2) is 12.4 Å². The van der Waals surface area contributed by atoms with Crippen LogP contribution in [0.2, 0.25) is 0 Å². The molecule has 1 aromatic heterocycles. The fourth-order valence-corrected chi connectivity index (χ4v) is 2.14. The molecule has 2 rings (SSSR count). The maximum Gasteiger partial charge on any atom is 0.0534 e. The Morgan fingerprint density at radius 3 is 2.73 bits per heavy atom. The average molecular weight is 207 g/mol. The molecule has 3 heteroatoms.